The highest BCUT2D eigenvalue weighted by Crippen LogP contribution is 2.34. The van der Waals surface area contributed by atoms with Crippen molar-refractivity contribution in [1.82, 2.24) is 0 Å². The van der Waals surface area contributed by atoms with Gasteiger partial charge in [0, 0.05) is 18.3 Å². The fourth-order valence-electron chi connectivity index (χ4n) is 2.52. The molecule has 0 amide bonds. The van der Waals surface area contributed by atoms with Crippen LogP contribution in [0.2, 0.25) is 0 Å². The molecule has 1 saturated heterocycles. The number of rotatable bonds is 2. The zero-order valence-corrected chi connectivity index (χ0v) is 11.1. The SMILES string of the molecule is CC1(Oc2ccc3c(c2)NCC3)CCSCC1. The van der Waals surface area contributed by atoms with E-state index in [2.05, 4.69) is 30.4 Å². The number of fused-ring (bicyclic) bond motifs is 1. The summed E-state index contributed by atoms with van der Waals surface area (Å²) in [5.41, 5.74) is 2.72. The van der Waals surface area contributed by atoms with Crippen molar-refractivity contribution in [2.75, 3.05) is 23.4 Å². The van der Waals surface area contributed by atoms with Gasteiger partial charge >= 0.3 is 0 Å². The van der Waals surface area contributed by atoms with Gasteiger partial charge in [-0.05, 0) is 49.3 Å². The van der Waals surface area contributed by atoms with Gasteiger partial charge in [0.15, 0.2) is 0 Å². The number of thioether (sulfide) groups is 1. The zero-order chi connectivity index (χ0) is 11.7. The molecule has 2 aliphatic heterocycles. The minimum absolute atomic E-state index is 0.0398. The summed E-state index contributed by atoms with van der Waals surface area (Å²) in [6, 6.07) is 6.49. The third kappa shape index (κ3) is 2.39. The summed E-state index contributed by atoms with van der Waals surface area (Å²) >= 11 is 2.04. The first-order valence-corrected chi connectivity index (χ1v) is 7.54. The van der Waals surface area contributed by atoms with E-state index in [9.17, 15) is 0 Å². The summed E-state index contributed by atoms with van der Waals surface area (Å²) in [6.45, 7) is 3.31. The Labute approximate surface area is 107 Å². The van der Waals surface area contributed by atoms with Crippen LogP contribution in [0.4, 0.5) is 5.69 Å². The van der Waals surface area contributed by atoms with Crippen molar-refractivity contribution >= 4 is 17.4 Å². The molecule has 0 radical (unpaired) electrons. The molecule has 1 aromatic carbocycles. The highest BCUT2D eigenvalue weighted by Gasteiger charge is 2.29. The molecule has 0 aromatic heterocycles. The second kappa shape index (κ2) is 4.45. The Kier molecular flexibility index (Phi) is 2.95. The standard InChI is InChI=1S/C14H19NOS/c1-14(5-8-17-9-6-14)16-12-3-2-11-4-7-15-13(11)10-12/h2-3,10,15H,4-9H2,1H3. The van der Waals surface area contributed by atoms with Crippen LogP contribution in [0.5, 0.6) is 5.75 Å². The van der Waals surface area contributed by atoms with E-state index in [-0.39, 0.29) is 5.60 Å². The predicted molar refractivity (Wildman–Crippen MR) is 74.2 cm³/mol. The molecule has 3 rings (SSSR count). The molecule has 1 N–H and O–H groups in total. The number of ether oxygens (including phenoxy) is 1. The van der Waals surface area contributed by atoms with E-state index < -0.39 is 0 Å². The molecule has 2 nitrogen and oxygen atoms in total. The van der Waals surface area contributed by atoms with Gasteiger partial charge < -0.3 is 10.1 Å². The van der Waals surface area contributed by atoms with Crippen molar-refractivity contribution < 1.29 is 4.74 Å². The van der Waals surface area contributed by atoms with Gasteiger partial charge in [0.25, 0.3) is 0 Å². The number of nitrogens with one attached hydrogen (secondary N) is 1. The average molecular weight is 249 g/mol. The Balaban J connectivity index is 1.76. The lowest BCUT2D eigenvalue weighted by Crippen LogP contribution is -2.36. The maximum Gasteiger partial charge on any atom is 0.122 e. The molecule has 17 heavy (non-hydrogen) atoms. The Hall–Kier alpha value is -0.830. The molecule has 0 bridgehead atoms. The van der Waals surface area contributed by atoms with Crippen LogP contribution in [0.1, 0.15) is 25.3 Å². The van der Waals surface area contributed by atoms with E-state index in [0.717, 1.165) is 31.6 Å². The summed E-state index contributed by atoms with van der Waals surface area (Å²) < 4.78 is 6.21. The van der Waals surface area contributed by atoms with Gasteiger partial charge in [-0.1, -0.05) is 6.07 Å². The lowest BCUT2D eigenvalue weighted by molar-refractivity contribution is 0.0800. The van der Waals surface area contributed by atoms with Crippen LogP contribution in [0.25, 0.3) is 0 Å². The van der Waals surface area contributed by atoms with Crippen LogP contribution in [-0.4, -0.2) is 23.7 Å². The topological polar surface area (TPSA) is 21.3 Å². The number of anilines is 1. The van der Waals surface area contributed by atoms with Gasteiger partial charge in [-0.15, -0.1) is 0 Å². The molecule has 2 aliphatic rings. The quantitative estimate of drug-likeness (QED) is 0.869. The highest BCUT2D eigenvalue weighted by molar-refractivity contribution is 7.99. The van der Waals surface area contributed by atoms with E-state index in [4.69, 9.17) is 4.74 Å². The molecular formula is C14H19NOS. The molecule has 1 fully saturated rings. The molecule has 92 valence electrons. The van der Waals surface area contributed by atoms with Crippen molar-refractivity contribution in [3.8, 4) is 5.75 Å². The predicted octanol–water partition coefficient (Wildman–Crippen LogP) is 3.32. The fourth-order valence-corrected chi connectivity index (χ4v) is 3.88. The van der Waals surface area contributed by atoms with E-state index >= 15 is 0 Å². The van der Waals surface area contributed by atoms with Crippen molar-refractivity contribution in [3.05, 3.63) is 23.8 Å². The van der Waals surface area contributed by atoms with E-state index in [1.807, 2.05) is 11.8 Å². The number of benzene rings is 1. The lowest BCUT2D eigenvalue weighted by atomic mass is 9.99. The summed E-state index contributed by atoms with van der Waals surface area (Å²) in [5.74, 6) is 3.46. The molecule has 1 aromatic rings. The highest BCUT2D eigenvalue weighted by atomic mass is 32.2. The Morgan fingerprint density at radius 2 is 2.12 bits per heavy atom. The van der Waals surface area contributed by atoms with Gasteiger partial charge in [-0.2, -0.15) is 11.8 Å². The summed E-state index contributed by atoms with van der Waals surface area (Å²) in [4.78, 5) is 0. The normalized spacial score (nSPS) is 21.7. The third-order valence-corrected chi connectivity index (χ3v) is 4.69. The van der Waals surface area contributed by atoms with Crippen LogP contribution in [-0.2, 0) is 6.42 Å². The largest absolute Gasteiger partial charge is 0.487 e. The Morgan fingerprint density at radius 3 is 2.94 bits per heavy atom. The van der Waals surface area contributed by atoms with Crippen LogP contribution in [0, 0.1) is 0 Å². The maximum absolute atomic E-state index is 6.21. The van der Waals surface area contributed by atoms with Crippen molar-refractivity contribution in [3.63, 3.8) is 0 Å². The second-order valence-electron chi connectivity index (χ2n) is 5.16. The number of hydrogen-bond acceptors (Lipinski definition) is 3. The maximum atomic E-state index is 6.21. The second-order valence-corrected chi connectivity index (χ2v) is 6.38. The molecule has 2 heterocycles. The molecule has 0 saturated carbocycles. The van der Waals surface area contributed by atoms with E-state index in [0.29, 0.717) is 0 Å². The summed E-state index contributed by atoms with van der Waals surface area (Å²) in [7, 11) is 0. The van der Waals surface area contributed by atoms with Gasteiger partial charge in [-0.3, -0.25) is 0 Å². The minimum Gasteiger partial charge on any atom is -0.487 e. The van der Waals surface area contributed by atoms with Crippen LogP contribution < -0.4 is 10.1 Å². The minimum atomic E-state index is 0.0398. The van der Waals surface area contributed by atoms with E-state index in [1.54, 1.807) is 0 Å². The monoisotopic (exact) mass is 249 g/mol. The van der Waals surface area contributed by atoms with Crippen molar-refractivity contribution in [1.29, 1.82) is 0 Å². The van der Waals surface area contributed by atoms with Crippen molar-refractivity contribution in [2.45, 2.75) is 31.8 Å². The first-order valence-electron chi connectivity index (χ1n) is 6.39. The van der Waals surface area contributed by atoms with E-state index in [1.165, 1.54) is 22.8 Å². The third-order valence-electron chi connectivity index (χ3n) is 3.71. The zero-order valence-electron chi connectivity index (χ0n) is 10.3. The van der Waals surface area contributed by atoms with Gasteiger partial charge in [-0.25, -0.2) is 0 Å². The molecule has 0 atom stereocenters. The molecule has 0 aliphatic carbocycles. The fraction of sp³-hybridized carbons (Fsp3) is 0.571. The lowest BCUT2D eigenvalue weighted by Gasteiger charge is -2.34. The summed E-state index contributed by atoms with van der Waals surface area (Å²) in [5, 5.41) is 3.41. The average Bonchev–Trinajstić information content (AvgIpc) is 2.76. The molecule has 0 spiro atoms. The van der Waals surface area contributed by atoms with Crippen LogP contribution in [0.3, 0.4) is 0 Å². The van der Waals surface area contributed by atoms with Crippen LogP contribution in [0.15, 0.2) is 18.2 Å². The number of hydrogen-bond donors (Lipinski definition) is 1. The molecule has 0 unspecified atom stereocenters. The van der Waals surface area contributed by atoms with Crippen LogP contribution >= 0.6 is 11.8 Å². The van der Waals surface area contributed by atoms with Gasteiger partial charge in [0.1, 0.15) is 11.4 Å². The summed E-state index contributed by atoms with van der Waals surface area (Å²) in [6.07, 6.45) is 3.45. The van der Waals surface area contributed by atoms with Gasteiger partial charge in [0.05, 0.1) is 0 Å². The Bertz CT molecular complexity index is 413. The van der Waals surface area contributed by atoms with Crippen molar-refractivity contribution in [2.24, 2.45) is 0 Å². The first-order chi connectivity index (χ1) is 8.25. The Morgan fingerprint density at radius 1 is 1.29 bits per heavy atom. The first kappa shape index (κ1) is 11.3. The van der Waals surface area contributed by atoms with Gasteiger partial charge in [0.2, 0.25) is 0 Å². The smallest absolute Gasteiger partial charge is 0.122 e. The molecule has 3 heteroatoms. The molecular weight excluding hydrogens is 230 g/mol.